The molecule has 2 aromatic rings. The largest absolute Gasteiger partial charge is 0.459 e. The zero-order valence-electron chi connectivity index (χ0n) is 12.8. The van der Waals surface area contributed by atoms with Gasteiger partial charge < -0.3 is 14.6 Å². The van der Waals surface area contributed by atoms with E-state index < -0.39 is 11.7 Å². The molecule has 0 radical (unpaired) electrons. The first-order valence-electron chi connectivity index (χ1n) is 7.63. The number of rotatable bonds is 3. The van der Waals surface area contributed by atoms with Crippen molar-refractivity contribution in [1.29, 1.82) is 0 Å². The van der Waals surface area contributed by atoms with Crippen LogP contribution in [0.4, 0.5) is 10.1 Å². The molecule has 1 aromatic heterocycles. The summed E-state index contributed by atoms with van der Waals surface area (Å²) in [6.07, 6.45) is 2.78. The normalized spacial score (nSPS) is 17.6. The Morgan fingerprint density at radius 3 is 2.88 bits per heavy atom. The monoisotopic (exact) mass is 350 g/mol. The second-order valence-electron chi connectivity index (χ2n) is 5.68. The zero-order valence-corrected chi connectivity index (χ0v) is 13.6. The van der Waals surface area contributed by atoms with E-state index in [-0.39, 0.29) is 34.8 Å². The van der Waals surface area contributed by atoms with Crippen LogP contribution in [0, 0.1) is 11.7 Å². The van der Waals surface area contributed by atoms with Crippen LogP contribution in [0.15, 0.2) is 41.0 Å². The SMILES string of the molecule is O=C(Nc1ccc(Cl)cc1F)C1CCCN(C(=O)c2ccco2)C1. The Morgan fingerprint density at radius 1 is 1.33 bits per heavy atom. The second-order valence-corrected chi connectivity index (χ2v) is 6.12. The molecule has 24 heavy (non-hydrogen) atoms. The predicted molar refractivity (Wildman–Crippen MR) is 87.4 cm³/mol. The lowest BCUT2D eigenvalue weighted by Crippen LogP contribution is -2.43. The van der Waals surface area contributed by atoms with Gasteiger partial charge in [0.25, 0.3) is 5.91 Å². The molecule has 7 heteroatoms. The van der Waals surface area contributed by atoms with Crippen molar-refractivity contribution in [2.24, 2.45) is 5.92 Å². The molecule has 1 aromatic carbocycles. The number of piperidine rings is 1. The smallest absolute Gasteiger partial charge is 0.289 e. The lowest BCUT2D eigenvalue weighted by atomic mass is 9.96. The highest BCUT2D eigenvalue weighted by Gasteiger charge is 2.30. The average molecular weight is 351 g/mol. The maximum absolute atomic E-state index is 13.8. The van der Waals surface area contributed by atoms with Gasteiger partial charge in [0.2, 0.25) is 5.91 Å². The molecular weight excluding hydrogens is 335 g/mol. The zero-order chi connectivity index (χ0) is 17.1. The molecule has 0 saturated carbocycles. The minimum absolute atomic E-state index is 0.0823. The van der Waals surface area contributed by atoms with Crippen LogP contribution < -0.4 is 5.32 Å². The maximum Gasteiger partial charge on any atom is 0.289 e. The number of benzene rings is 1. The van der Waals surface area contributed by atoms with Crippen molar-refractivity contribution >= 4 is 29.1 Å². The molecule has 0 aliphatic carbocycles. The minimum atomic E-state index is -0.588. The molecule has 1 aliphatic heterocycles. The third-order valence-corrected chi connectivity index (χ3v) is 4.24. The summed E-state index contributed by atoms with van der Waals surface area (Å²) in [5.41, 5.74) is 0.0823. The Kier molecular flexibility index (Phi) is 4.85. The van der Waals surface area contributed by atoms with Gasteiger partial charge >= 0.3 is 0 Å². The van der Waals surface area contributed by atoms with Crippen LogP contribution in [-0.4, -0.2) is 29.8 Å². The van der Waals surface area contributed by atoms with Gasteiger partial charge in [0, 0.05) is 18.1 Å². The number of likely N-dealkylation sites (tertiary alicyclic amines) is 1. The lowest BCUT2D eigenvalue weighted by Gasteiger charge is -2.31. The molecule has 0 spiro atoms. The van der Waals surface area contributed by atoms with Gasteiger partial charge in [-0.25, -0.2) is 4.39 Å². The highest BCUT2D eigenvalue weighted by molar-refractivity contribution is 6.30. The summed E-state index contributed by atoms with van der Waals surface area (Å²) >= 11 is 5.70. The summed E-state index contributed by atoms with van der Waals surface area (Å²) in [4.78, 5) is 26.3. The number of furan rings is 1. The number of nitrogens with zero attached hydrogens (tertiary/aromatic N) is 1. The third kappa shape index (κ3) is 3.59. The molecule has 1 N–H and O–H groups in total. The Bertz CT molecular complexity index is 748. The van der Waals surface area contributed by atoms with Gasteiger partial charge in [-0.05, 0) is 43.2 Å². The lowest BCUT2D eigenvalue weighted by molar-refractivity contribution is -0.121. The minimum Gasteiger partial charge on any atom is -0.459 e. The number of amides is 2. The van der Waals surface area contributed by atoms with E-state index >= 15 is 0 Å². The molecule has 1 atom stereocenters. The van der Waals surface area contributed by atoms with Gasteiger partial charge in [-0.3, -0.25) is 9.59 Å². The van der Waals surface area contributed by atoms with E-state index in [2.05, 4.69) is 5.32 Å². The van der Waals surface area contributed by atoms with Crippen LogP contribution in [0.2, 0.25) is 5.02 Å². The third-order valence-electron chi connectivity index (χ3n) is 4.00. The number of hydrogen-bond acceptors (Lipinski definition) is 3. The molecule has 126 valence electrons. The van der Waals surface area contributed by atoms with Gasteiger partial charge in [0.15, 0.2) is 5.76 Å². The van der Waals surface area contributed by atoms with Crippen LogP contribution in [0.25, 0.3) is 0 Å². The molecule has 0 bridgehead atoms. The van der Waals surface area contributed by atoms with Crippen molar-refractivity contribution in [3.05, 3.63) is 53.2 Å². The van der Waals surface area contributed by atoms with Gasteiger partial charge in [-0.2, -0.15) is 0 Å². The highest BCUT2D eigenvalue weighted by Crippen LogP contribution is 2.23. The number of carbonyl (C=O) groups is 2. The van der Waals surface area contributed by atoms with Crippen molar-refractivity contribution in [2.45, 2.75) is 12.8 Å². The van der Waals surface area contributed by atoms with Crippen LogP contribution >= 0.6 is 11.6 Å². The Hall–Kier alpha value is -2.34. The fraction of sp³-hybridized carbons (Fsp3) is 0.294. The van der Waals surface area contributed by atoms with Gasteiger partial charge in [-0.1, -0.05) is 11.6 Å². The first-order chi connectivity index (χ1) is 11.5. The standard InChI is InChI=1S/C17H16ClFN2O3/c18-12-5-6-14(13(19)9-12)20-16(22)11-3-1-7-21(10-11)17(23)15-4-2-8-24-15/h2,4-6,8-9,11H,1,3,7,10H2,(H,20,22). The summed E-state index contributed by atoms with van der Waals surface area (Å²) in [6.45, 7) is 0.846. The highest BCUT2D eigenvalue weighted by atomic mass is 35.5. The molecule has 2 heterocycles. The van der Waals surface area contributed by atoms with Crippen molar-refractivity contribution < 1.29 is 18.4 Å². The Morgan fingerprint density at radius 2 is 2.17 bits per heavy atom. The molecule has 1 aliphatic rings. The molecule has 1 fully saturated rings. The molecular formula is C17H16ClFN2O3. The second kappa shape index (κ2) is 7.05. The molecule has 5 nitrogen and oxygen atoms in total. The van der Waals surface area contributed by atoms with Crippen LogP contribution in [0.3, 0.4) is 0 Å². The average Bonchev–Trinajstić information content (AvgIpc) is 3.11. The number of anilines is 1. The Balaban J connectivity index is 1.65. The van der Waals surface area contributed by atoms with Crippen molar-refractivity contribution in [2.75, 3.05) is 18.4 Å². The van der Waals surface area contributed by atoms with Crippen molar-refractivity contribution in [1.82, 2.24) is 4.90 Å². The van der Waals surface area contributed by atoms with Crippen LogP contribution in [-0.2, 0) is 4.79 Å². The van der Waals surface area contributed by atoms with Crippen LogP contribution in [0.5, 0.6) is 0 Å². The number of hydrogen-bond donors (Lipinski definition) is 1. The van der Waals surface area contributed by atoms with E-state index in [4.69, 9.17) is 16.0 Å². The maximum atomic E-state index is 13.8. The van der Waals surface area contributed by atoms with E-state index in [0.717, 1.165) is 6.07 Å². The summed E-state index contributed by atoms with van der Waals surface area (Å²) in [5.74, 6) is -1.29. The first kappa shape index (κ1) is 16.5. The fourth-order valence-corrected chi connectivity index (χ4v) is 2.92. The van der Waals surface area contributed by atoms with Gasteiger partial charge in [0.05, 0.1) is 17.9 Å². The predicted octanol–water partition coefficient (Wildman–Crippen LogP) is 3.56. The molecule has 3 rings (SSSR count). The number of carbonyl (C=O) groups excluding carboxylic acids is 2. The van der Waals surface area contributed by atoms with Crippen molar-refractivity contribution in [3.8, 4) is 0 Å². The van der Waals surface area contributed by atoms with E-state index in [1.807, 2.05) is 0 Å². The van der Waals surface area contributed by atoms with E-state index in [1.54, 1.807) is 17.0 Å². The summed E-state index contributed by atoms with van der Waals surface area (Å²) < 4.78 is 18.9. The quantitative estimate of drug-likeness (QED) is 0.920. The number of halogens is 2. The number of nitrogens with one attached hydrogen (secondary N) is 1. The molecule has 1 saturated heterocycles. The van der Waals surface area contributed by atoms with E-state index in [0.29, 0.717) is 19.4 Å². The van der Waals surface area contributed by atoms with Crippen molar-refractivity contribution in [3.63, 3.8) is 0 Å². The molecule has 1 unspecified atom stereocenters. The summed E-state index contributed by atoms with van der Waals surface area (Å²) in [7, 11) is 0. The Labute approximate surface area is 143 Å². The fourth-order valence-electron chi connectivity index (χ4n) is 2.76. The first-order valence-corrected chi connectivity index (χ1v) is 8.01. The van der Waals surface area contributed by atoms with Gasteiger partial charge in [-0.15, -0.1) is 0 Å². The van der Waals surface area contributed by atoms with E-state index in [9.17, 15) is 14.0 Å². The van der Waals surface area contributed by atoms with E-state index in [1.165, 1.54) is 18.4 Å². The van der Waals surface area contributed by atoms with Crippen LogP contribution in [0.1, 0.15) is 23.4 Å². The topological polar surface area (TPSA) is 62.6 Å². The molecule has 2 amide bonds. The summed E-state index contributed by atoms with van der Waals surface area (Å²) in [6, 6.07) is 7.31. The van der Waals surface area contributed by atoms with Gasteiger partial charge in [0.1, 0.15) is 5.82 Å². The summed E-state index contributed by atoms with van der Waals surface area (Å²) in [5, 5.41) is 2.83.